The number of aliphatic hydroxyl groups is 4. The van der Waals surface area contributed by atoms with Crippen LogP contribution in [0.1, 0.15) is 106 Å². The highest BCUT2D eigenvalue weighted by atomic mass is 16.7. The van der Waals surface area contributed by atoms with E-state index < -0.39 is 42.1 Å². The molecule has 0 bridgehead atoms. The first-order valence-electron chi connectivity index (χ1n) is 16.8. The number of hydrogen-bond acceptors (Lipinski definition) is 7. The molecule has 1 aliphatic heterocycles. The zero-order chi connectivity index (χ0) is 31.5. The second kappa shape index (κ2) is 9.98. The van der Waals surface area contributed by atoms with Crippen molar-refractivity contribution >= 4 is 5.97 Å². The molecule has 43 heavy (non-hydrogen) atoms. The molecule has 0 aromatic rings. The Balaban J connectivity index is 1.32. The first-order valence-corrected chi connectivity index (χ1v) is 16.8. The van der Waals surface area contributed by atoms with Crippen LogP contribution >= 0.6 is 0 Å². The molecular formula is C35H56O8. The van der Waals surface area contributed by atoms with E-state index in [4.69, 9.17) is 9.47 Å². The lowest BCUT2D eigenvalue weighted by molar-refractivity contribution is -0.308. The smallest absolute Gasteiger partial charge is 0.310 e. The summed E-state index contributed by atoms with van der Waals surface area (Å²) >= 11 is 0. The lowest BCUT2D eigenvalue weighted by Crippen LogP contribution is -2.67. The van der Waals surface area contributed by atoms with E-state index in [-0.39, 0.29) is 45.7 Å². The third kappa shape index (κ3) is 4.18. The average Bonchev–Trinajstić information content (AvgIpc) is 2.92. The molecule has 5 fully saturated rings. The minimum atomic E-state index is -1.30. The molecule has 0 spiro atoms. The van der Waals surface area contributed by atoms with Crippen LogP contribution in [0.3, 0.4) is 0 Å². The molecule has 0 amide bonds. The summed E-state index contributed by atoms with van der Waals surface area (Å²) in [6.45, 7) is 16.0. The molecule has 8 heteroatoms. The zero-order valence-corrected chi connectivity index (χ0v) is 27.3. The van der Waals surface area contributed by atoms with E-state index in [0.29, 0.717) is 24.7 Å². The van der Waals surface area contributed by atoms with Crippen molar-refractivity contribution in [1.29, 1.82) is 0 Å². The van der Waals surface area contributed by atoms with Crippen LogP contribution in [0, 0.1) is 50.2 Å². The van der Waals surface area contributed by atoms with E-state index >= 15 is 0 Å². The minimum Gasteiger partial charge on any atom is -0.481 e. The van der Waals surface area contributed by atoms with Gasteiger partial charge in [-0.1, -0.05) is 60.1 Å². The third-order valence-electron chi connectivity index (χ3n) is 15.0. The van der Waals surface area contributed by atoms with Crippen LogP contribution in [0.15, 0.2) is 11.6 Å². The molecule has 5 aliphatic carbocycles. The number of fused-ring (bicyclic) bond motifs is 7. The molecule has 0 aromatic heterocycles. The van der Waals surface area contributed by atoms with Gasteiger partial charge in [0, 0.05) is 5.92 Å². The highest BCUT2D eigenvalue weighted by Crippen LogP contribution is 2.76. The van der Waals surface area contributed by atoms with Gasteiger partial charge in [-0.2, -0.15) is 0 Å². The largest absolute Gasteiger partial charge is 0.481 e. The number of aliphatic hydroxyl groups excluding tert-OH is 4. The van der Waals surface area contributed by atoms with E-state index in [1.807, 2.05) is 0 Å². The van der Waals surface area contributed by atoms with Crippen LogP contribution in [0.4, 0.5) is 0 Å². The van der Waals surface area contributed by atoms with Gasteiger partial charge >= 0.3 is 5.97 Å². The fourth-order valence-corrected chi connectivity index (χ4v) is 11.9. The van der Waals surface area contributed by atoms with E-state index in [1.165, 1.54) is 5.57 Å². The molecule has 6 aliphatic rings. The number of carboxylic acid groups (broad SMARTS) is 1. The van der Waals surface area contributed by atoms with E-state index in [2.05, 4.69) is 54.5 Å². The summed E-state index contributed by atoms with van der Waals surface area (Å²) in [7, 11) is 0. The van der Waals surface area contributed by atoms with Gasteiger partial charge in [0.05, 0.1) is 24.2 Å². The molecule has 1 saturated heterocycles. The Morgan fingerprint density at radius 3 is 2.21 bits per heavy atom. The quantitative estimate of drug-likeness (QED) is 0.232. The molecule has 4 saturated carbocycles. The summed E-state index contributed by atoms with van der Waals surface area (Å²) in [6.07, 6.45) is 4.37. The maximum atomic E-state index is 12.9. The van der Waals surface area contributed by atoms with Crippen LogP contribution in [-0.2, 0) is 14.3 Å². The molecule has 0 aromatic carbocycles. The Morgan fingerprint density at radius 2 is 1.53 bits per heavy atom. The Labute approximate surface area is 257 Å². The predicted molar refractivity (Wildman–Crippen MR) is 161 cm³/mol. The van der Waals surface area contributed by atoms with Crippen molar-refractivity contribution in [3.8, 4) is 0 Å². The van der Waals surface area contributed by atoms with Crippen LogP contribution in [0.2, 0.25) is 0 Å². The van der Waals surface area contributed by atoms with Gasteiger partial charge < -0.3 is 35.0 Å². The Kier molecular flexibility index (Phi) is 7.41. The molecule has 0 unspecified atom stereocenters. The van der Waals surface area contributed by atoms with Crippen molar-refractivity contribution < 1.29 is 39.8 Å². The number of hydrogen-bond donors (Lipinski definition) is 5. The fraction of sp³-hybridized carbons (Fsp3) is 0.914. The number of aliphatic carboxylic acids is 1. The van der Waals surface area contributed by atoms with E-state index in [0.717, 1.165) is 44.9 Å². The molecule has 0 radical (unpaired) electrons. The lowest BCUT2D eigenvalue weighted by atomic mass is 9.33. The molecule has 13 atom stereocenters. The van der Waals surface area contributed by atoms with Gasteiger partial charge in [-0.15, -0.1) is 0 Å². The summed E-state index contributed by atoms with van der Waals surface area (Å²) in [5.74, 6) is -0.320. The summed E-state index contributed by atoms with van der Waals surface area (Å²) in [6, 6.07) is 0. The topological polar surface area (TPSA) is 137 Å². The van der Waals surface area contributed by atoms with Gasteiger partial charge in [0.25, 0.3) is 0 Å². The van der Waals surface area contributed by atoms with Gasteiger partial charge in [0.2, 0.25) is 0 Å². The average molecular weight is 605 g/mol. The van der Waals surface area contributed by atoms with Crippen LogP contribution in [-0.4, -0.2) is 74.9 Å². The van der Waals surface area contributed by atoms with Gasteiger partial charge in [-0.25, -0.2) is 0 Å². The lowest BCUT2D eigenvalue weighted by Gasteiger charge is -2.71. The Morgan fingerprint density at radius 1 is 0.860 bits per heavy atom. The zero-order valence-electron chi connectivity index (χ0n) is 27.3. The van der Waals surface area contributed by atoms with Gasteiger partial charge in [-0.05, 0) is 96.7 Å². The van der Waals surface area contributed by atoms with Crippen molar-refractivity contribution in [3.63, 3.8) is 0 Å². The van der Waals surface area contributed by atoms with Gasteiger partial charge in [0.1, 0.15) is 18.3 Å². The van der Waals surface area contributed by atoms with Crippen LogP contribution in [0.25, 0.3) is 0 Å². The Bertz CT molecular complexity index is 1160. The highest BCUT2D eigenvalue weighted by Gasteiger charge is 2.70. The first kappa shape index (κ1) is 31.9. The van der Waals surface area contributed by atoms with Crippen LogP contribution < -0.4 is 0 Å². The summed E-state index contributed by atoms with van der Waals surface area (Å²) in [5, 5.41) is 53.2. The number of carbonyl (C=O) groups is 1. The third-order valence-corrected chi connectivity index (χ3v) is 15.0. The second-order valence-corrected chi connectivity index (χ2v) is 17.4. The van der Waals surface area contributed by atoms with E-state index in [9.17, 15) is 30.3 Å². The molecule has 8 nitrogen and oxygen atoms in total. The maximum absolute atomic E-state index is 12.9. The number of allylic oxidation sites excluding steroid dienone is 1. The van der Waals surface area contributed by atoms with Gasteiger partial charge in [-0.3, -0.25) is 4.79 Å². The number of ether oxygens (including phenoxy) is 2. The number of rotatable bonds is 3. The second-order valence-electron chi connectivity index (χ2n) is 17.4. The summed E-state index contributed by atoms with van der Waals surface area (Å²) < 4.78 is 12.1. The van der Waals surface area contributed by atoms with Crippen molar-refractivity contribution in [1.82, 2.24) is 0 Å². The van der Waals surface area contributed by atoms with Crippen molar-refractivity contribution in [2.24, 2.45) is 50.2 Å². The molecule has 5 N–H and O–H groups in total. The van der Waals surface area contributed by atoms with Crippen molar-refractivity contribution in [3.05, 3.63) is 11.6 Å². The summed E-state index contributed by atoms with van der Waals surface area (Å²) in [5.41, 5.74) is -0.388. The molecular weight excluding hydrogens is 548 g/mol. The highest BCUT2D eigenvalue weighted by molar-refractivity contribution is 5.77. The predicted octanol–water partition coefficient (Wildman–Crippen LogP) is 4.67. The SMILES string of the molecule is CC1(C)CC[C@]2(C(=O)O)CC[C@]3(C)C(=CC[C@@H]4[C@@]5(C)CC[C@H](O[C@@H]6OC[C@H](O)[C@H](O)[C@H]6O)C(C)(C)[C@@H]5CC[C@]43C)[C@@H]2[C@@H]1O. The number of carboxylic acids is 1. The van der Waals surface area contributed by atoms with E-state index in [1.54, 1.807) is 0 Å². The van der Waals surface area contributed by atoms with Crippen molar-refractivity contribution in [2.75, 3.05) is 6.61 Å². The maximum Gasteiger partial charge on any atom is 0.310 e. The summed E-state index contributed by atoms with van der Waals surface area (Å²) in [4.78, 5) is 12.9. The molecule has 1 heterocycles. The normalized spacial score (nSPS) is 53.8. The fourth-order valence-electron chi connectivity index (χ4n) is 11.9. The molecule has 6 rings (SSSR count). The Hall–Kier alpha value is -1.03. The van der Waals surface area contributed by atoms with Gasteiger partial charge in [0.15, 0.2) is 6.29 Å². The first-order chi connectivity index (χ1) is 19.9. The molecule has 244 valence electrons. The monoisotopic (exact) mass is 604 g/mol. The minimum absolute atomic E-state index is 0.0268. The van der Waals surface area contributed by atoms with Crippen molar-refractivity contribution in [2.45, 2.75) is 143 Å². The standard InChI is InChI=1S/C35H56O8/c1-30(2)14-16-35(29(40)41)17-15-33(6)19(24(35)27(30)39)8-9-22-32(5)12-11-23(31(3,4)21(32)10-13-34(22,33)7)43-28-26(38)25(37)20(36)18-42-28/h8,20-28,36-39H,9-18H2,1-7H3,(H,40,41)/t20-,21-,22+,23-,24+,25-,26+,27-,28-,32-,33+,34+,35-/m0/s1. The van der Waals surface area contributed by atoms with Crippen LogP contribution in [0.5, 0.6) is 0 Å².